The van der Waals surface area contributed by atoms with Crippen LogP contribution in [0.3, 0.4) is 0 Å². The molecule has 1 aromatic carbocycles. The molecule has 0 spiro atoms. The van der Waals surface area contributed by atoms with Crippen LogP contribution < -0.4 is 10.5 Å². The van der Waals surface area contributed by atoms with Gasteiger partial charge in [-0.3, -0.25) is 4.98 Å². The summed E-state index contributed by atoms with van der Waals surface area (Å²) in [6.07, 6.45) is 4.39. The molecule has 4 heteroatoms. The summed E-state index contributed by atoms with van der Waals surface area (Å²) < 4.78 is 5.89. The maximum Gasteiger partial charge on any atom is 0.124 e. The van der Waals surface area contributed by atoms with Crippen molar-refractivity contribution in [1.29, 1.82) is 0 Å². The molecule has 0 fully saturated rings. The largest absolute Gasteiger partial charge is 0.491 e. The van der Waals surface area contributed by atoms with E-state index in [2.05, 4.69) is 18.8 Å². The van der Waals surface area contributed by atoms with Crippen LogP contribution in [0.5, 0.6) is 5.75 Å². The van der Waals surface area contributed by atoms with E-state index in [0.29, 0.717) is 18.3 Å². The lowest BCUT2D eigenvalue weighted by atomic mass is 9.93. The molecule has 0 bridgehead atoms. The van der Waals surface area contributed by atoms with Crippen molar-refractivity contribution in [1.82, 2.24) is 4.98 Å². The fourth-order valence-electron chi connectivity index (χ4n) is 2.80. The first-order valence-electron chi connectivity index (χ1n) is 7.97. The number of ether oxygens (including phenoxy) is 1. The van der Waals surface area contributed by atoms with Gasteiger partial charge in [-0.05, 0) is 54.7 Å². The first-order chi connectivity index (χ1) is 10.9. The lowest BCUT2D eigenvalue weighted by Gasteiger charge is -2.27. The van der Waals surface area contributed by atoms with Gasteiger partial charge in [-0.25, -0.2) is 0 Å². The van der Waals surface area contributed by atoms with Gasteiger partial charge in [-0.2, -0.15) is 0 Å². The summed E-state index contributed by atoms with van der Waals surface area (Å²) in [5.74, 6) is 1.20. The second-order valence-corrected chi connectivity index (χ2v) is 6.76. The topological polar surface area (TPSA) is 68.4 Å². The quantitative estimate of drug-likeness (QED) is 0.822. The molecule has 0 radical (unpaired) electrons. The van der Waals surface area contributed by atoms with Gasteiger partial charge in [0.15, 0.2) is 0 Å². The van der Waals surface area contributed by atoms with E-state index in [1.165, 1.54) is 0 Å². The molecular formula is C19H26N2O2. The van der Waals surface area contributed by atoms with Crippen LogP contribution in [0.15, 0.2) is 42.7 Å². The van der Waals surface area contributed by atoms with Crippen molar-refractivity contribution in [3.63, 3.8) is 0 Å². The SMILES string of the molecule is CC(C)CC(C)(N)COc1ccc(-c2ccncc2)cc1CO. The summed E-state index contributed by atoms with van der Waals surface area (Å²) in [5, 5.41) is 9.64. The van der Waals surface area contributed by atoms with E-state index >= 15 is 0 Å². The lowest BCUT2D eigenvalue weighted by molar-refractivity contribution is 0.199. The molecule has 0 aliphatic carbocycles. The van der Waals surface area contributed by atoms with Gasteiger partial charge in [0.05, 0.1) is 6.61 Å². The van der Waals surface area contributed by atoms with Crippen molar-refractivity contribution in [2.75, 3.05) is 6.61 Å². The van der Waals surface area contributed by atoms with Gasteiger partial charge in [0.25, 0.3) is 0 Å². The standard InChI is InChI=1S/C19H26N2O2/c1-14(2)11-19(3,20)13-23-18-5-4-16(10-17(18)12-22)15-6-8-21-9-7-15/h4-10,14,22H,11-13,20H2,1-3H3. The number of aromatic nitrogens is 1. The Bertz CT molecular complexity index is 625. The highest BCUT2D eigenvalue weighted by molar-refractivity contribution is 5.65. The molecule has 4 nitrogen and oxygen atoms in total. The second kappa shape index (κ2) is 7.57. The van der Waals surface area contributed by atoms with Gasteiger partial charge in [-0.1, -0.05) is 19.9 Å². The highest BCUT2D eigenvalue weighted by Gasteiger charge is 2.21. The van der Waals surface area contributed by atoms with Crippen molar-refractivity contribution < 1.29 is 9.84 Å². The van der Waals surface area contributed by atoms with Crippen molar-refractivity contribution in [2.45, 2.75) is 39.3 Å². The molecular weight excluding hydrogens is 288 g/mol. The number of nitrogens with zero attached hydrogens (tertiary/aromatic N) is 1. The molecule has 0 saturated carbocycles. The van der Waals surface area contributed by atoms with E-state index < -0.39 is 0 Å². The van der Waals surface area contributed by atoms with Gasteiger partial charge in [0.2, 0.25) is 0 Å². The first-order valence-corrected chi connectivity index (χ1v) is 7.97. The number of aliphatic hydroxyl groups excluding tert-OH is 1. The number of hydrogen-bond acceptors (Lipinski definition) is 4. The Morgan fingerprint density at radius 3 is 2.48 bits per heavy atom. The average Bonchev–Trinajstić information content (AvgIpc) is 2.52. The zero-order chi connectivity index (χ0) is 16.9. The predicted octanol–water partition coefficient (Wildman–Crippen LogP) is 3.38. The Morgan fingerprint density at radius 1 is 1.17 bits per heavy atom. The first kappa shape index (κ1) is 17.4. The third-order valence-corrected chi connectivity index (χ3v) is 3.68. The molecule has 1 unspecified atom stereocenters. The lowest BCUT2D eigenvalue weighted by Crippen LogP contribution is -2.43. The molecule has 1 aromatic heterocycles. The van der Waals surface area contributed by atoms with Crippen molar-refractivity contribution in [3.05, 3.63) is 48.3 Å². The van der Waals surface area contributed by atoms with Gasteiger partial charge in [0, 0.05) is 23.5 Å². The number of aliphatic hydroxyl groups is 1. The predicted molar refractivity (Wildman–Crippen MR) is 93.1 cm³/mol. The number of pyridine rings is 1. The minimum Gasteiger partial charge on any atom is -0.491 e. The van der Waals surface area contributed by atoms with E-state index in [9.17, 15) is 5.11 Å². The smallest absolute Gasteiger partial charge is 0.124 e. The third kappa shape index (κ3) is 5.05. The summed E-state index contributed by atoms with van der Waals surface area (Å²) in [5.41, 5.74) is 8.75. The second-order valence-electron chi connectivity index (χ2n) is 6.76. The Kier molecular flexibility index (Phi) is 5.74. The number of nitrogens with two attached hydrogens (primary N) is 1. The Hall–Kier alpha value is -1.91. The molecule has 0 saturated heterocycles. The third-order valence-electron chi connectivity index (χ3n) is 3.68. The number of hydrogen-bond donors (Lipinski definition) is 2. The van der Waals surface area contributed by atoms with Crippen LogP contribution in [0.4, 0.5) is 0 Å². The maximum atomic E-state index is 9.64. The number of benzene rings is 1. The van der Waals surface area contributed by atoms with E-state index in [0.717, 1.165) is 23.1 Å². The highest BCUT2D eigenvalue weighted by atomic mass is 16.5. The van der Waals surface area contributed by atoms with Gasteiger partial charge >= 0.3 is 0 Å². The van der Waals surface area contributed by atoms with Gasteiger partial charge < -0.3 is 15.6 Å². The monoisotopic (exact) mass is 314 g/mol. The molecule has 1 heterocycles. The van der Waals surface area contributed by atoms with Crippen LogP contribution in [0, 0.1) is 5.92 Å². The molecule has 124 valence electrons. The van der Waals surface area contributed by atoms with Crippen molar-refractivity contribution in [3.8, 4) is 16.9 Å². The molecule has 2 aromatic rings. The number of rotatable bonds is 7. The van der Waals surface area contributed by atoms with E-state index in [1.54, 1.807) is 12.4 Å². The Balaban J connectivity index is 2.14. The maximum absolute atomic E-state index is 9.64. The molecule has 0 aliphatic heterocycles. The molecule has 3 N–H and O–H groups in total. The average molecular weight is 314 g/mol. The van der Waals surface area contributed by atoms with E-state index in [-0.39, 0.29) is 12.1 Å². The van der Waals surface area contributed by atoms with Crippen LogP contribution in [0.1, 0.15) is 32.8 Å². The molecule has 0 aliphatic rings. The van der Waals surface area contributed by atoms with Crippen molar-refractivity contribution in [2.24, 2.45) is 11.7 Å². The summed E-state index contributed by atoms with van der Waals surface area (Å²) in [6, 6.07) is 9.71. The minimum atomic E-state index is -0.384. The molecule has 0 amide bonds. The summed E-state index contributed by atoms with van der Waals surface area (Å²) >= 11 is 0. The molecule has 23 heavy (non-hydrogen) atoms. The zero-order valence-electron chi connectivity index (χ0n) is 14.1. The van der Waals surface area contributed by atoms with Crippen molar-refractivity contribution >= 4 is 0 Å². The summed E-state index contributed by atoms with van der Waals surface area (Å²) in [4.78, 5) is 4.02. The fourth-order valence-corrected chi connectivity index (χ4v) is 2.80. The van der Waals surface area contributed by atoms with E-state index in [1.807, 2.05) is 37.3 Å². The van der Waals surface area contributed by atoms with E-state index in [4.69, 9.17) is 10.5 Å². The van der Waals surface area contributed by atoms with Crippen LogP contribution in [0.2, 0.25) is 0 Å². The van der Waals surface area contributed by atoms with Crippen LogP contribution >= 0.6 is 0 Å². The fraction of sp³-hybridized carbons (Fsp3) is 0.421. The van der Waals surface area contributed by atoms with Crippen LogP contribution in [0.25, 0.3) is 11.1 Å². The zero-order valence-corrected chi connectivity index (χ0v) is 14.1. The van der Waals surface area contributed by atoms with Gasteiger partial charge in [-0.15, -0.1) is 0 Å². The summed E-state index contributed by atoms with van der Waals surface area (Å²) in [6.45, 7) is 6.64. The van der Waals surface area contributed by atoms with Crippen LogP contribution in [-0.2, 0) is 6.61 Å². The van der Waals surface area contributed by atoms with Crippen LogP contribution in [-0.4, -0.2) is 22.2 Å². The van der Waals surface area contributed by atoms with Gasteiger partial charge in [0.1, 0.15) is 12.4 Å². The highest BCUT2D eigenvalue weighted by Crippen LogP contribution is 2.27. The molecule has 1 atom stereocenters. The normalized spacial score (nSPS) is 13.8. The summed E-state index contributed by atoms with van der Waals surface area (Å²) in [7, 11) is 0. The minimum absolute atomic E-state index is 0.0697. The molecule has 2 rings (SSSR count). The Labute approximate surface area is 138 Å². The Morgan fingerprint density at radius 2 is 1.87 bits per heavy atom.